The number of nitrogens with zero attached hydrogens (tertiary/aromatic N) is 1. The van der Waals surface area contributed by atoms with Crippen LogP contribution in [0.3, 0.4) is 0 Å². The molecule has 0 bridgehead atoms. The fraction of sp³-hybridized carbons (Fsp3) is 0.562. The third-order valence-corrected chi connectivity index (χ3v) is 3.99. The van der Waals surface area contributed by atoms with E-state index >= 15 is 0 Å². The molecule has 1 amide bonds. The lowest BCUT2D eigenvalue weighted by Crippen LogP contribution is -2.34. The van der Waals surface area contributed by atoms with Gasteiger partial charge in [-0.15, -0.1) is 0 Å². The van der Waals surface area contributed by atoms with Crippen LogP contribution < -0.4 is 5.32 Å². The number of nitrogens with one attached hydrogen (secondary N) is 1. The molecule has 1 aromatic carbocycles. The summed E-state index contributed by atoms with van der Waals surface area (Å²) in [5.41, 5.74) is 0.659. The van der Waals surface area contributed by atoms with Crippen molar-refractivity contribution < 1.29 is 9.18 Å². The minimum absolute atomic E-state index is 0.0934. The fourth-order valence-corrected chi connectivity index (χ4v) is 2.64. The average molecular weight is 278 g/mol. The standard InChI is InChI=1S/C16H23FN2O/c1-19-10-7-13(8-11-19)12-16(20)18-9-6-14-4-2-3-5-15(14)17/h2-5,13H,6-12H2,1H3,(H,18,20). The van der Waals surface area contributed by atoms with E-state index in [0.717, 1.165) is 25.9 Å². The summed E-state index contributed by atoms with van der Waals surface area (Å²) >= 11 is 0. The molecule has 0 unspecified atom stereocenters. The van der Waals surface area contributed by atoms with Gasteiger partial charge in [0.25, 0.3) is 0 Å². The highest BCUT2D eigenvalue weighted by Gasteiger charge is 2.19. The van der Waals surface area contributed by atoms with Crippen LogP contribution in [0.2, 0.25) is 0 Å². The quantitative estimate of drug-likeness (QED) is 0.895. The van der Waals surface area contributed by atoms with Gasteiger partial charge >= 0.3 is 0 Å². The van der Waals surface area contributed by atoms with Crippen molar-refractivity contribution in [2.75, 3.05) is 26.7 Å². The Morgan fingerprint density at radius 1 is 1.35 bits per heavy atom. The Bertz CT molecular complexity index is 442. The van der Waals surface area contributed by atoms with Crippen LogP contribution in [0.4, 0.5) is 4.39 Å². The molecule has 0 spiro atoms. The van der Waals surface area contributed by atoms with Crippen LogP contribution in [0.1, 0.15) is 24.8 Å². The third kappa shape index (κ3) is 4.60. The van der Waals surface area contributed by atoms with Gasteiger partial charge in [-0.25, -0.2) is 4.39 Å². The molecule has 2 rings (SSSR count). The molecule has 1 heterocycles. The van der Waals surface area contributed by atoms with Gasteiger partial charge in [0.1, 0.15) is 5.82 Å². The van der Waals surface area contributed by atoms with E-state index in [-0.39, 0.29) is 11.7 Å². The van der Waals surface area contributed by atoms with Crippen LogP contribution in [0.25, 0.3) is 0 Å². The second-order valence-corrected chi connectivity index (χ2v) is 5.64. The summed E-state index contributed by atoms with van der Waals surface area (Å²) in [6, 6.07) is 6.71. The second kappa shape index (κ2) is 7.39. The predicted octanol–water partition coefficient (Wildman–Crippen LogP) is 2.22. The third-order valence-electron chi connectivity index (χ3n) is 3.99. The number of benzene rings is 1. The highest BCUT2D eigenvalue weighted by Crippen LogP contribution is 2.19. The molecule has 0 aliphatic carbocycles. The van der Waals surface area contributed by atoms with Crippen molar-refractivity contribution in [1.82, 2.24) is 10.2 Å². The molecule has 1 aromatic rings. The molecule has 3 nitrogen and oxygen atoms in total. The summed E-state index contributed by atoms with van der Waals surface area (Å²) in [4.78, 5) is 14.1. The van der Waals surface area contributed by atoms with Crippen LogP contribution >= 0.6 is 0 Å². The molecule has 0 aromatic heterocycles. The average Bonchev–Trinajstić information content (AvgIpc) is 2.43. The molecule has 1 fully saturated rings. The zero-order valence-electron chi connectivity index (χ0n) is 12.1. The van der Waals surface area contributed by atoms with Crippen molar-refractivity contribution in [1.29, 1.82) is 0 Å². The number of halogens is 1. The monoisotopic (exact) mass is 278 g/mol. The number of carbonyl (C=O) groups excluding carboxylic acids is 1. The Balaban J connectivity index is 1.67. The van der Waals surface area contributed by atoms with Crippen LogP contribution in [0.5, 0.6) is 0 Å². The number of hydrogen-bond donors (Lipinski definition) is 1. The Morgan fingerprint density at radius 2 is 2.05 bits per heavy atom. The molecule has 1 aliphatic heterocycles. The molecular formula is C16H23FN2O. The molecule has 1 N–H and O–H groups in total. The van der Waals surface area contributed by atoms with Crippen LogP contribution in [0.15, 0.2) is 24.3 Å². The van der Waals surface area contributed by atoms with Gasteiger partial charge in [-0.3, -0.25) is 4.79 Å². The maximum absolute atomic E-state index is 13.4. The van der Waals surface area contributed by atoms with Gasteiger partial charge in [0.2, 0.25) is 5.91 Å². The van der Waals surface area contributed by atoms with Gasteiger partial charge in [-0.1, -0.05) is 18.2 Å². The van der Waals surface area contributed by atoms with Crippen molar-refractivity contribution in [3.05, 3.63) is 35.6 Å². The molecule has 1 aliphatic rings. The minimum atomic E-state index is -0.197. The maximum atomic E-state index is 13.4. The molecule has 20 heavy (non-hydrogen) atoms. The summed E-state index contributed by atoms with van der Waals surface area (Å²) in [5.74, 6) is 0.396. The van der Waals surface area contributed by atoms with Crippen molar-refractivity contribution in [3.8, 4) is 0 Å². The number of likely N-dealkylation sites (tertiary alicyclic amines) is 1. The van der Waals surface area contributed by atoms with E-state index in [4.69, 9.17) is 0 Å². The minimum Gasteiger partial charge on any atom is -0.356 e. The van der Waals surface area contributed by atoms with Crippen molar-refractivity contribution in [3.63, 3.8) is 0 Å². The molecule has 0 saturated carbocycles. The predicted molar refractivity (Wildman–Crippen MR) is 78.0 cm³/mol. The summed E-state index contributed by atoms with van der Waals surface area (Å²) < 4.78 is 13.4. The highest BCUT2D eigenvalue weighted by molar-refractivity contribution is 5.76. The Kier molecular flexibility index (Phi) is 5.53. The normalized spacial score (nSPS) is 17.1. The first-order valence-corrected chi connectivity index (χ1v) is 7.34. The van der Waals surface area contributed by atoms with Crippen LogP contribution in [0, 0.1) is 11.7 Å². The van der Waals surface area contributed by atoms with Gasteiger partial charge in [0.15, 0.2) is 0 Å². The summed E-state index contributed by atoms with van der Waals surface area (Å²) in [7, 11) is 2.12. The molecule has 0 atom stereocenters. The van der Waals surface area contributed by atoms with Gasteiger partial charge < -0.3 is 10.2 Å². The highest BCUT2D eigenvalue weighted by atomic mass is 19.1. The number of piperidine rings is 1. The fourth-order valence-electron chi connectivity index (χ4n) is 2.64. The van der Waals surface area contributed by atoms with E-state index < -0.39 is 0 Å². The van der Waals surface area contributed by atoms with E-state index in [1.807, 2.05) is 6.07 Å². The van der Waals surface area contributed by atoms with Crippen LogP contribution in [-0.2, 0) is 11.2 Å². The zero-order valence-corrected chi connectivity index (χ0v) is 12.1. The smallest absolute Gasteiger partial charge is 0.220 e. The van der Waals surface area contributed by atoms with E-state index in [1.165, 1.54) is 6.07 Å². The molecule has 110 valence electrons. The SMILES string of the molecule is CN1CCC(CC(=O)NCCc2ccccc2F)CC1. The van der Waals surface area contributed by atoms with Gasteiger partial charge in [0, 0.05) is 13.0 Å². The first kappa shape index (κ1) is 15.0. The topological polar surface area (TPSA) is 32.3 Å². The number of rotatable bonds is 5. The lowest BCUT2D eigenvalue weighted by atomic mass is 9.93. The van der Waals surface area contributed by atoms with Crippen molar-refractivity contribution in [2.45, 2.75) is 25.7 Å². The van der Waals surface area contributed by atoms with E-state index in [0.29, 0.717) is 30.9 Å². The van der Waals surface area contributed by atoms with Gasteiger partial charge in [0.05, 0.1) is 0 Å². The summed E-state index contributed by atoms with van der Waals surface area (Å²) in [6.07, 6.45) is 3.34. The van der Waals surface area contributed by atoms with E-state index in [1.54, 1.807) is 12.1 Å². The maximum Gasteiger partial charge on any atom is 0.220 e. The number of carbonyl (C=O) groups is 1. The Labute approximate surface area is 120 Å². The first-order chi connectivity index (χ1) is 9.65. The van der Waals surface area contributed by atoms with Gasteiger partial charge in [-0.2, -0.15) is 0 Å². The first-order valence-electron chi connectivity index (χ1n) is 7.34. The van der Waals surface area contributed by atoms with Gasteiger partial charge in [-0.05, 0) is 56.9 Å². The summed E-state index contributed by atoms with van der Waals surface area (Å²) in [6.45, 7) is 2.66. The Morgan fingerprint density at radius 3 is 2.75 bits per heavy atom. The molecule has 4 heteroatoms. The van der Waals surface area contributed by atoms with E-state index in [2.05, 4.69) is 17.3 Å². The van der Waals surface area contributed by atoms with Crippen molar-refractivity contribution in [2.24, 2.45) is 5.92 Å². The Hall–Kier alpha value is -1.42. The number of hydrogen-bond acceptors (Lipinski definition) is 2. The lowest BCUT2D eigenvalue weighted by molar-refractivity contribution is -0.122. The zero-order chi connectivity index (χ0) is 14.4. The lowest BCUT2D eigenvalue weighted by Gasteiger charge is -2.28. The molecular weight excluding hydrogens is 255 g/mol. The van der Waals surface area contributed by atoms with E-state index in [9.17, 15) is 9.18 Å². The second-order valence-electron chi connectivity index (χ2n) is 5.64. The van der Waals surface area contributed by atoms with Crippen molar-refractivity contribution >= 4 is 5.91 Å². The number of amides is 1. The summed E-state index contributed by atoms with van der Waals surface area (Å²) in [5, 5.41) is 2.90. The molecule has 0 radical (unpaired) electrons. The van der Waals surface area contributed by atoms with Crippen LogP contribution in [-0.4, -0.2) is 37.5 Å². The molecule has 1 saturated heterocycles. The largest absolute Gasteiger partial charge is 0.356 e.